The highest BCUT2D eigenvalue weighted by atomic mass is 19.1. The van der Waals surface area contributed by atoms with Gasteiger partial charge in [0.05, 0.1) is 13.0 Å². The monoisotopic (exact) mass is 566 g/mol. The van der Waals surface area contributed by atoms with Gasteiger partial charge in [0.15, 0.2) is 29.2 Å². The second-order valence-electron chi connectivity index (χ2n) is 9.42. The van der Waals surface area contributed by atoms with Crippen LogP contribution < -0.4 is 29.4 Å². The van der Waals surface area contributed by atoms with Gasteiger partial charge < -0.3 is 29.4 Å². The Bertz CT molecular complexity index is 1680. The largest absolute Gasteiger partial charge is 0.493 e. The lowest BCUT2D eigenvalue weighted by atomic mass is 9.83. The molecule has 0 amide bonds. The van der Waals surface area contributed by atoms with Crippen LogP contribution in [0.15, 0.2) is 102 Å². The molecule has 2 atom stereocenters. The molecule has 0 bridgehead atoms. The zero-order chi connectivity index (χ0) is 29.6. The number of para-hydroxylation sites is 1. The van der Waals surface area contributed by atoms with Crippen molar-refractivity contribution in [2.75, 3.05) is 7.11 Å². The quantitative estimate of drug-likeness (QED) is 0.194. The van der Waals surface area contributed by atoms with E-state index < -0.39 is 23.8 Å². The molecule has 0 aromatic heterocycles. The highest BCUT2D eigenvalue weighted by molar-refractivity contribution is 5.77. The summed E-state index contributed by atoms with van der Waals surface area (Å²) in [5.41, 5.74) is 8.75. The summed E-state index contributed by atoms with van der Waals surface area (Å²) >= 11 is 0. The Hall–Kier alpha value is -5.49. The van der Waals surface area contributed by atoms with E-state index in [0.29, 0.717) is 29.4 Å². The van der Waals surface area contributed by atoms with Gasteiger partial charge in [-0.05, 0) is 48.4 Å². The maximum absolute atomic E-state index is 13.9. The number of fused-ring (bicyclic) bond motifs is 1. The van der Waals surface area contributed by atoms with Gasteiger partial charge in [0.1, 0.15) is 29.7 Å². The van der Waals surface area contributed by atoms with Crippen molar-refractivity contribution in [1.29, 1.82) is 5.26 Å². The molecule has 4 aromatic carbocycles. The molecule has 5 rings (SSSR count). The molecule has 42 heavy (non-hydrogen) atoms. The summed E-state index contributed by atoms with van der Waals surface area (Å²) < 4.78 is 42.2. The van der Waals surface area contributed by atoms with Gasteiger partial charge in [-0.25, -0.2) is 9.18 Å². The summed E-state index contributed by atoms with van der Waals surface area (Å²) in [4.78, 5) is 12.7. The molecular weight excluding hydrogens is 539 g/mol. The smallest absolute Gasteiger partial charge is 0.352 e. The maximum atomic E-state index is 13.9. The van der Waals surface area contributed by atoms with E-state index in [0.717, 1.165) is 11.1 Å². The van der Waals surface area contributed by atoms with E-state index in [2.05, 4.69) is 6.07 Å². The van der Waals surface area contributed by atoms with E-state index in [9.17, 15) is 14.4 Å². The Morgan fingerprint density at radius 3 is 2.50 bits per heavy atom. The topological polar surface area (TPSA) is 113 Å². The van der Waals surface area contributed by atoms with Crippen LogP contribution in [0.3, 0.4) is 0 Å². The van der Waals surface area contributed by atoms with Crippen molar-refractivity contribution in [3.8, 4) is 34.8 Å². The highest BCUT2D eigenvalue weighted by Crippen LogP contribution is 2.45. The van der Waals surface area contributed by atoms with Crippen LogP contribution in [0, 0.1) is 17.1 Å². The van der Waals surface area contributed by atoms with Gasteiger partial charge in [-0.3, -0.25) is 0 Å². The number of nitrogens with two attached hydrogens (primary N) is 1. The van der Waals surface area contributed by atoms with Crippen molar-refractivity contribution in [3.63, 3.8) is 0 Å². The lowest BCUT2D eigenvalue weighted by molar-refractivity contribution is -0.141. The molecule has 8 nitrogen and oxygen atoms in total. The maximum Gasteiger partial charge on any atom is 0.352 e. The minimum atomic E-state index is -1.09. The summed E-state index contributed by atoms with van der Waals surface area (Å²) in [5.74, 6) is -0.529. The normalized spacial score (nSPS) is 14.6. The summed E-state index contributed by atoms with van der Waals surface area (Å²) in [6.45, 7) is 1.82. The number of hydrogen-bond donors (Lipinski definition) is 1. The van der Waals surface area contributed by atoms with Crippen LogP contribution in [0.2, 0.25) is 0 Å². The number of nitrogens with zero attached hydrogens (tertiary/aromatic N) is 1. The molecule has 2 N–H and O–H groups in total. The Kier molecular flexibility index (Phi) is 8.25. The van der Waals surface area contributed by atoms with Crippen LogP contribution in [0.4, 0.5) is 4.39 Å². The Labute approximate surface area is 242 Å². The molecular formula is C33H27FN2O6. The van der Waals surface area contributed by atoms with E-state index >= 15 is 0 Å². The molecule has 212 valence electrons. The fraction of sp³-hybridized carbons (Fsp3) is 0.152. The molecule has 1 aliphatic rings. The first-order valence-electron chi connectivity index (χ1n) is 13.1. The van der Waals surface area contributed by atoms with Crippen molar-refractivity contribution < 1.29 is 32.9 Å². The third-order valence-electron chi connectivity index (χ3n) is 6.64. The number of ether oxygens (including phenoxy) is 5. The van der Waals surface area contributed by atoms with Crippen molar-refractivity contribution in [2.45, 2.75) is 25.6 Å². The van der Waals surface area contributed by atoms with Crippen LogP contribution in [-0.2, 0) is 11.4 Å². The molecule has 0 radical (unpaired) electrons. The standard InChI is InChI=1S/C33H27FN2O6/c1-20(40-27-11-7-6-10-26(27)34)33(37)41-23-13-14-24-29(17-23)42-32(36)25(18-35)31(24)22-12-15-28(30(16-22)38-2)39-19-21-8-4-3-5-9-21/h3-17,20,31H,19,36H2,1-2H3. The number of carbonyl (C=O) groups is 1. The number of nitriles is 1. The predicted octanol–water partition coefficient (Wildman–Crippen LogP) is 6.00. The van der Waals surface area contributed by atoms with Gasteiger partial charge in [-0.15, -0.1) is 0 Å². The second-order valence-corrected chi connectivity index (χ2v) is 9.42. The number of methoxy groups -OCH3 is 1. The minimum absolute atomic E-state index is 0.0626. The van der Waals surface area contributed by atoms with Crippen molar-refractivity contribution in [1.82, 2.24) is 0 Å². The Balaban J connectivity index is 1.38. The SMILES string of the molecule is COc1cc(C2C(C#N)=C(N)Oc3cc(OC(=O)C(C)Oc4ccccc4F)ccc32)ccc1OCc1ccccc1. The van der Waals surface area contributed by atoms with Crippen LogP contribution in [0.1, 0.15) is 29.5 Å². The number of benzene rings is 4. The first-order valence-corrected chi connectivity index (χ1v) is 13.1. The van der Waals surface area contributed by atoms with E-state index in [1.807, 2.05) is 36.4 Å². The summed E-state index contributed by atoms with van der Waals surface area (Å²) in [5, 5.41) is 9.95. The molecule has 0 fully saturated rings. The Morgan fingerprint density at radius 1 is 1.00 bits per heavy atom. The zero-order valence-electron chi connectivity index (χ0n) is 22.9. The summed E-state index contributed by atoms with van der Waals surface area (Å²) in [7, 11) is 1.54. The van der Waals surface area contributed by atoms with Crippen LogP contribution in [0.25, 0.3) is 0 Å². The molecule has 4 aromatic rings. The number of rotatable bonds is 9. The average molecular weight is 567 g/mol. The molecule has 0 aliphatic carbocycles. The minimum Gasteiger partial charge on any atom is -0.493 e. The van der Waals surface area contributed by atoms with Gasteiger partial charge >= 0.3 is 5.97 Å². The Morgan fingerprint density at radius 2 is 1.76 bits per heavy atom. The van der Waals surface area contributed by atoms with Crippen LogP contribution in [0.5, 0.6) is 28.7 Å². The van der Waals surface area contributed by atoms with Crippen molar-refractivity contribution in [3.05, 3.63) is 125 Å². The fourth-order valence-electron chi connectivity index (χ4n) is 4.54. The molecule has 1 aliphatic heterocycles. The second kappa shape index (κ2) is 12.4. The number of hydrogen-bond acceptors (Lipinski definition) is 8. The van der Waals surface area contributed by atoms with Crippen LogP contribution >= 0.6 is 0 Å². The van der Waals surface area contributed by atoms with Crippen LogP contribution in [-0.4, -0.2) is 19.2 Å². The third-order valence-corrected chi connectivity index (χ3v) is 6.64. The lowest BCUT2D eigenvalue weighted by Crippen LogP contribution is -2.29. The van der Waals surface area contributed by atoms with E-state index in [-0.39, 0.29) is 23.0 Å². The zero-order valence-corrected chi connectivity index (χ0v) is 22.9. The fourth-order valence-corrected chi connectivity index (χ4v) is 4.54. The van der Waals surface area contributed by atoms with E-state index in [1.165, 1.54) is 31.2 Å². The van der Waals surface area contributed by atoms with Crippen molar-refractivity contribution >= 4 is 5.97 Å². The summed E-state index contributed by atoms with van der Waals surface area (Å²) in [6.07, 6.45) is -1.09. The first-order chi connectivity index (χ1) is 20.4. The van der Waals surface area contributed by atoms with Gasteiger partial charge in [-0.1, -0.05) is 54.6 Å². The molecule has 0 saturated heterocycles. The number of esters is 1. The molecule has 0 saturated carbocycles. The number of carbonyl (C=O) groups excluding carboxylic acids is 1. The molecule has 1 heterocycles. The van der Waals surface area contributed by atoms with Crippen molar-refractivity contribution in [2.24, 2.45) is 5.73 Å². The lowest BCUT2D eigenvalue weighted by Gasteiger charge is -2.27. The summed E-state index contributed by atoms with van der Waals surface area (Å²) in [6, 6.07) is 27.9. The first kappa shape index (κ1) is 28.1. The number of allylic oxidation sites excluding steroid dienone is 1. The average Bonchev–Trinajstić information content (AvgIpc) is 3.00. The van der Waals surface area contributed by atoms with Gasteiger partial charge in [0.2, 0.25) is 5.88 Å². The number of halogens is 1. The van der Waals surface area contributed by atoms with Gasteiger partial charge in [0.25, 0.3) is 0 Å². The predicted molar refractivity (Wildman–Crippen MR) is 152 cm³/mol. The van der Waals surface area contributed by atoms with E-state index in [4.69, 9.17) is 29.4 Å². The molecule has 9 heteroatoms. The molecule has 2 unspecified atom stereocenters. The van der Waals surface area contributed by atoms with Gasteiger partial charge in [-0.2, -0.15) is 5.26 Å². The molecule has 0 spiro atoms. The third kappa shape index (κ3) is 5.98. The van der Waals surface area contributed by atoms with E-state index in [1.54, 1.807) is 37.4 Å². The highest BCUT2D eigenvalue weighted by Gasteiger charge is 2.32. The van der Waals surface area contributed by atoms with Gasteiger partial charge in [0, 0.05) is 11.6 Å².